The summed E-state index contributed by atoms with van der Waals surface area (Å²) in [4.78, 5) is 11.1. The Morgan fingerprint density at radius 3 is 2.52 bits per heavy atom. The van der Waals surface area contributed by atoms with E-state index in [-0.39, 0.29) is 5.54 Å². The molecule has 2 heterocycles. The predicted octanol–water partition coefficient (Wildman–Crippen LogP) is 3.36. The summed E-state index contributed by atoms with van der Waals surface area (Å²) in [5, 5.41) is 0.824. The SMILES string of the molecule is COc1nc(N2CCC(C)(N)CC2)nc(N)c1-c1cccc(Cl)c1Cl. The second-order valence-electron chi connectivity index (χ2n) is 6.54. The standard InChI is InChI=1S/C17H21Cl2N5O/c1-17(21)6-8-24(9-7-17)16-22-14(20)12(15(23-16)25-2)10-4-3-5-11(18)13(10)19/h3-5H,6-9,21H2,1-2H3,(H2,20,22,23). The van der Waals surface area contributed by atoms with Crippen LogP contribution in [-0.2, 0) is 0 Å². The van der Waals surface area contributed by atoms with E-state index in [0.717, 1.165) is 25.9 Å². The summed E-state index contributed by atoms with van der Waals surface area (Å²) in [7, 11) is 1.54. The second kappa shape index (κ2) is 6.86. The van der Waals surface area contributed by atoms with Crippen LogP contribution in [0.25, 0.3) is 11.1 Å². The molecule has 2 aromatic rings. The summed E-state index contributed by atoms with van der Waals surface area (Å²) < 4.78 is 5.46. The van der Waals surface area contributed by atoms with Crippen LogP contribution in [0.1, 0.15) is 19.8 Å². The van der Waals surface area contributed by atoms with Crippen LogP contribution < -0.4 is 21.1 Å². The van der Waals surface area contributed by atoms with Gasteiger partial charge in [0.15, 0.2) is 0 Å². The number of methoxy groups -OCH3 is 1. The normalized spacial score (nSPS) is 16.8. The number of rotatable bonds is 3. The fourth-order valence-corrected chi connectivity index (χ4v) is 3.30. The van der Waals surface area contributed by atoms with Crippen LogP contribution in [-0.4, -0.2) is 35.7 Å². The summed E-state index contributed by atoms with van der Waals surface area (Å²) in [6, 6.07) is 5.32. The van der Waals surface area contributed by atoms with Gasteiger partial charge >= 0.3 is 0 Å². The van der Waals surface area contributed by atoms with Crippen LogP contribution >= 0.6 is 23.2 Å². The third kappa shape index (κ3) is 3.61. The van der Waals surface area contributed by atoms with E-state index in [1.807, 2.05) is 6.07 Å². The number of aromatic nitrogens is 2. The fraction of sp³-hybridized carbons (Fsp3) is 0.412. The van der Waals surface area contributed by atoms with Crippen molar-refractivity contribution in [2.45, 2.75) is 25.3 Å². The number of nitrogens with two attached hydrogens (primary N) is 2. The fourth-order valence-electron chi connectivity index (χ4n) is 2.90. The Kier molecular flexibility index (Phi) is 4.95. The first-order valence-electron chi connectivity index (χ1n) is 8.02. The van der Waals surface area contributed by atoms with Crippen molar-refractivity contribution in [1.82, 2.24) is 9.97 Å². The van der Waals surface area contributed by atoms with Crippen LogP contribution in [0.4, 0.5) is 11.8 Å². The van der Waals surface area contributed by atoms with Crippen molar-refractivity contribution >= 4 is 35.0 Å². The molecule has 1 aliphatic rings. The summed E-state index contributed by atoms with van der Waals surface area (Å²) in [6.07, 6.45) is 1.72. The molecule has 0 amide bonds. The lowest BCUT2D eigenvalue weighted by molar-refractivity contribution is 0.359. The zero-order valence-electron chi connectivity index (χ0n) is 14.2. The maximum Gasteiger partial charge on any atom is 0.230 e. The van der Waals surface area contributed by atoms with E-state index < -0.39 is 0 Å². The lowest BCUT2D eigenvalue weighted by Gasteiger charge is -2.36. The zero-order chi connectivity index (χ0) is 18.2. The van der Waals surface area contributed by atoms with Gasteiger partial charge < -0.3 is 21.1 Å². The minimum Gasteiger partial charge on any atom is -0.480 e. The van der Waals surface area contributed by atoms with Crippen molar-refractivity contribution in [1.29, 1.82) is 0 Å². The number of nitrogens with zero attached hydrogens (tertiary/aromatic N) is 3. The number of hydrogen-bond acceptors (Lipinski definition) is 6. The van der Waals surface area contributed by atoms with Gasteiger partial charge in [-0.05, 0) is 25.8 Å². The molecule has 1 aromatic heterocycles. The van der Waals surface area contributed by atoms with Gasteiger partial charge in [0.05, 0.1) is 22.7 Å². The van der Waals surface area contributed by atoms with E-state index in [2.05, 4.69) is 21.8 Å². The third-order valence-electron chi connectivity index (χ3n) is 4.49. The maximum atomic E-state index is 6.33. The van der Waals surface area contributed by atoms with Crippen molar-refractivity contribution in [2.75, 3.05) is 30.8 Å². The first kappa shape index (κ1) is 18.0. The van der Waals surface area contributed by atoms with Crippen molar-refractivity contribution in [3.05, 3.63) is 28.2 Å². The van der Waals surface area contributed by atoms with Crippen molar-refractivity contribution in [3.63, 3.8) is 0 Å². The first-order chi connectivity index (χ1) is 11.8. The van der Waals surface area contributed by atoms with Gasteiger partial charge in [-0.1, -0.05) is 35.3 Å². The van der Waals surface area contributed by atoms with Crippen LogP contribution in [0, 0.1) is 0 Å². The molecule has 4 N–H and O–H groups in total. The minimum atomic E-state index is -0.152. The Morgan fingerprint density at radius 2 is 1.88 bits per heavy atom. The molecule has 8 heteroatoms. The molecule has 1 aliphatic heterocycles. The number of benzene rings is 1. The highest BCUT2D eigenvalue weighted by Crippen LogP contribution is 2.41. The van der Waals surface area contributed by atoms with Gasteiger partial charge in [0, 0.05) is 24.2 Å². The molecule has 1 fully saturated rings. The number of hydrogen-bond donors (Lipinski definition) is 2. The van der Waals surface area contributed by atoms with Gasteiger partial charge in [0.1, 0.15) is 5.82 Å². The summed E-state index contributed by atoms with van der Waals surface area (Å²) in [5.74, 6) is 1.20. The summed E-state index contributed by atoms with van der Waals surface area (Å²) in [6.45, 7) is 3.60. The number of nitrogen functional groups attached to an aromatic ring is 1. The zero-order valence-corrected chi connectivity index (χ0v) is 15.7. The molecule has 0 aliphatic carbocycles. The van der Waals surface area contributed by atoms with Gasteiger partial charge in [-0.2, -0.15) is 9.97 Å². The molecule has 0 bridgehead atoms. The molecule has 0 saturated carbocycles. The number of ether oxygens (including phenoxy) is 1. The smallest absolute Gasteiger partial charge is 0.230 e. The Bertz CT molecular complexity index is 787. The summed E-state index contributed by atoms with van der Waals surface area (Å²) >= 11 is 12.4. The number of halogens is 2. The van der Waals surface area contributed by atoms with Crippen molar-refractivity contribution in [2.24, 2.45) is 5.73 Å². The van der Waals surface area contributed by atoms with E-state index in [1.54, 1.807) is 19.2 Å². The molecular formula is C17H21Cl2N5O. The van der Waals surface area contributed by atoms with Crippen LogP contribution in [0.5, 0.6) is 5.88 Å². The molecule has 1 aromatic carbocycles. The molecule has 6 nitrogen and oxygen atoms in total. The highest BCUT2D eigenvalue weighted by atomic mass is 35.5. The second-order valence-corrected chi connectivity index (χ2v) is 7.32. The quantitative estimate of drug-likeness (QED) is 0.846. The summed E-state index contributed by atoms with van der Waals surface area (Å²) in [5.41, 5.74) is 13.4. The molecule has 0 spiro atoms. The van der Waals surface area contributed by atoms with Crippen molar-refractivity contribution < 1.29 is 4.74 Å². The molecule has 0 unspecified atom stereocenters. The lowest BCUT2D eigenvalue weighted by Crippen LogP contribution is -2.48. The minimum absolute atomic E-state index is 0.152. The number of anilines is 2. The Balaban J connectivity index is 2.01. The van der Waals surface area contributed by atoms with Crippen LogP contribution in [0.2, 0.25) is 10.0 Å². The highest BCUT2D eigenvalue weighted by molar-refractivity contribution is 6.43. The van der Waals surface area contributed by atoms with Crippen LogP contribution in [0.15, 0.2) is 18.2 Å². The first-order valence-corrected chi connectivity index (χ1v) is 8.78. The molecule has 0 atom stereocenters. The Labute approximate surface area is 157 Å². The highest BCUT2D eigenvalue weighted by Gasteiger charge is 2.28. The van der Waals surface area contributed by atoms with Gasteiger partial charge in [0.25, 0.3) is 0 Å². The molecule has 134 valence electrons. The van der Waals surface area contributed by atoms with Crippen molar-refractivity contribution in [3.8, 4) is 17.0 Å². The Hall–Kier alpha value is -1.76. The average Bonchev–Trinajstić information content (AvgIpc) is 2.57. The number of piperidine rings is 1. The van der Waals surface area contributed by atoms with Gasteiger partial charge in [-0.25, -0.2) is 0 Å². The molecule has 3 rings (SSSR count). The van der Waals surface area contributed by atoms with Crippen LogP contribution in [0.3, 0.4) is 0 Å². The predicted molar refractivity (Wildman–Crippen MR) is 102 cm³/mol. The Morgan fingerprint density at radius 1 is 1.20 bits per heavy atom. The monoisotopic (exact) mass is 381 g/mol. The molecular weight excluding hydrogens is 361 g/mol. The van der Waals surface area contributed by atoms with E-state index >= 15 is 0 Å². The largest absolute Gasteiger partial charge is 0.480 e. The molecule has 25 heavy (non-hydrogen) atoms. The topological polar surface area (TPSA) is 90.3 Å². The van der Waals surface area contributed by atoms with Gasteiger partial charge in [0.2, 0.25) is 11.8 Å². The molecule has 1 saturated heterocycles. The van der Waals surface area contributed by atoms with E-state index in [4.69, 9.17) is 39.4 Å². The van der Waals surface area contributed by atoms with E-state index in [1.165, 1.54) is 0 Å². The van der Waals surface area contributed by atoms with Gasteiger partial charge in [-0.3, -0.25) is 0 Å². The third-order valence-corrected chi connectivity index (χ3v) is 5.31. The lowest BCUT2D eigenvalue weighted by atomic mass is 9.91. The molecule has 0 radical (unpaired) electrons. The average molecular weight is 382 g/mol. The maximum absolute atomic E-state index is 6.33. The van der Waals surface area contributed by atoms with Gasteiger partial charge in [-0.15, -0.1) is 0 Å². The van der Waals surface area contributed by atoms with E-state index in [0.29, 0.717) is 38.8 Å². The van der Waals surface area contributed by atoms with E-state index in [9.17, 15) is 0 Å².